The molecule has 3 aromatic rings. The minimum atomic E-state index is -0.528. The normalized spacial score (nSPS) is 16.0. The van der Waals surface area contributed by atoms with E-state index in [4.69, 9.17) is 21.3 Å². The molecule has 1 atom stereocenters. The Bertz CT molecular complexity index is 1120. The van der Waals surface area contributed by atoms with E-state index < -0.39 is 6.04 Å². The highest BCUT2D eigenvalue weighted by molar-refractivity contribution is 6.32. The molecule has 4 nitrogen and oxygen atoms in total. The molecule has 1 aliphatic heterocycles. The van der Waals surface area contributed by atoms with Gasteiger partial charge in [-0.05, 0) is 55.0 Å². The number of aryl methyl sites for hydroxylation is 1. The van der Waals surface area contributed by atoms with Crippen molar-refractivity contribution in [2.24, 2.45) is 4.99 Å². The van der Waals surface area contributed by atoms with Gasteiger partial charge in [0, 0.05) is 29.6 Å². The van der Waals surface area contributed by atoms with Crippen LogP contribution in [0.15, 0.2) is 71.7 Å². The summed E-state index contributed by atoms with van der Waals surface area (Å²) in [5.41, 5.74) is 5.56. The van der Waals surface area contributed by atoms with Gasteiger partial charge in [-0.15, -0.1) is 0 Å². The van der Waals surface area contributed by atoms with Crippen LogP contribution in [0, 0.1) is 6.92 Å². The number of carbonyl (C=O) groups is 1. The predicted octanol–water partition coefficient (Wildman–Crippen LogP) is 5.08. The van der Waals surface area contributed by atoms with E-state index in [2.05, 4.69) is 19.1 Å². The van der Waals surface area contributed by atoms with Crippen molar-refractivity contribution < 1.29 is 9.53 Å². The molecular formula is C25H23ClN2O2. The molecule has 0 saturated heterocycles. The number of likely N-dealkylation sites (N-methyl/N-ethyl adjacent to an activating group) is 1. The number of nitrogens with zero attached hydrogens (tertiary/aromatic N) is 2. The second-order valence-corrected chi connectivity index (χ2v) is 7.91. The summed E-state index contributed by atoms with van der Waals surface area (Å²) < 4.78 is 5.29. The van der Waals surface area contributed by atoms with Crippen molar-refractivity contribution in [3.63, 3.8) is 0 Å². The zero-order valence-corrected chi connectivity index (χ0v) is 18.0. The molecule has 0 bridgehead atoms. The molecule has 0 aliphatic carbocycles. The lowest BCUT2D eigenvalue weighted by Crippen LogP contribution is -2.36. The fourth-order valence-corrected chi connectivity index (χ4v) is 3.96. The number of benzene rings is 3. The van der Waals surface area contributed by atoms with Crippen molar-refractivity contribution in [1.29, 1.82) is 0 Å². The number of benzodiazepines with no additional fused rings is 1. The van der Waals surface area contributed by atoms with Crippen molar-refractivity contribution >= 4 is 28.9 Å². The van der Waals surface area contributed by atoms with Gasteiger partial charge in [-0.3, -0.25) is 9.79 Å². The van der Waals surface area contributed by atoms with Crippen LogP contribution in [-0.2, 0) is 11.2 Å². The number of hydrogen-bond donors (Lipinski definition) is 0. The Balaban J connectivity index is 1.85. The average molecular weight is 419 g/mol. The Labute approximate surface area is 181 Å². The third kappa shape index (κ3) is 3.96. The standard InChI is InChI=1S/C25H23ClN2O2/c1-16-5-4-6-17(13-16)14-22-25(29)28(2)23-12-9-19(26)15-21(23)24(27-22)18-7-10-20(30-3)11-8-18/h4-13,15,22H,14H2,1-3H3. The number of anilines is 1. The summed E-state index contributed by atoms with van der Waals surface area (Å²) in [7, 11) is 3.43. The van der Waals surface area contributed by atoms with Crippen LogP contribution in [0.2, 0.25) is 5.02 Å². The van der Waals surface area contributed by atoms with Gasteiger partial charge in [0.1, 0.15) is 11.8 Å². The van der Waals surface area contributed by atoms with Gasteiger partial charge in [-0.1, -0.05) is 41.4 Å². The number of rotatable bonds is 4. The van der Waals surface area contributed by atoms with Gasteiger partial charge in [-0.2, -0.15) is 0 Å². The van der Waals surface area contributed by atoms with E-state index in [0.29, 0.717) is 11.4 Å². The molecule has 4 rings (SSSR count). The van der Waals surface area contributed by atoms with Crippen LogP contribution in [0.25, 0.3) is 0 Å². The monoisotopic (exact) mass is 418 g/mol. The summed E-state index contributed by atoms with van der Waals surface area (Å²) in [5.74, 6) is 0.729. The molecule has 0 fully saturated rings. The number of ether oxygens (including phenoxy) is 1. The summed E-state index contributed by atoms with van der Waals surface area (Å²) in [6, 6.07) is 20.9. The third-order valence-electron chi connectivity index (χ3n) is 5.35. The van der Waals surface area contributed by atoms with E-state index in [-0.39, 0.29) is 5.91 Å². The Morgan fingerprint density at radius 3 is 2.53 bits per heavy atom. The topological polar surface area (TPSA) is 41.9 Å². The van der Waals surface area contributed by atoms with E-state index in [1.165, 1.54) is 0 Å². The van der Waals surface area contributed by atoms with E-state index in [0.717, 1.165) is 39.4 Å². The van der Waals surface area contributed by atoms with Gasteiger partial charge in [0.15, 0.2) is 0 Å². The molecule has 1 unspecified atom stereocenters. The highest BCUT2D eigenvalue weighted by Gasteiger charge is 2.30. The molecule has 0 N–H and O–H groups in total. The van der Waals surface area contributed by atoms with Crippen molar-refractivity contribution in [2.45, 2.75) is 19.4 Å². The maximum Gasteiger partial charge on any atom is 0.251 e. The molecule has 30 heavy (non-hydrogen) atoms. The quantitative estimate of drug-likeness (QED) is 0.592. The Morgan fingerprint density at radius 1 is 1.07 bits per heavy atom. The average Bonchev–Trinajstić information content (AvgIpc) is 2.84. The van der Waals surface area contributed by atoms with Gasteiger partial charge in [-0.25, -0.2) is 0 Å². The highest BCUT2D eigenvalue weighted by Crippen LogP contribution is 2.31. The molecular weight excluding hydrogens is 396 g/mol. The van der Waals surface area contributed by atoms with Crippen LogP contribution in [-0.4, -0.2) is 31.8 Å². The molecule has 1 aliphatic rings. The third-order valence-corrected chi connectivity index (χ3v) is 5.59. The number of carbonyl (C=O) groups excluding carboxylic acids is 1. The van der Waals surface area contributed by atoms with Gasteiger partial charge in [0.05, 0.1) is 18.5 Å². The molecule has 1 amide bonds. The van der Waals surface area contributed by atoms with Crippen LogP contribution in [0.5, 0.6) is 5.75 Å². The van der Waals surface area contributed by atoms with Gasteiger partial charge >= 0.3 is 0 Å². The number of aliphatic imine (C=N–C) groups is 1. The van der Waals surface area contributed by atoms with Crippen molar-refractivity contribution in [2.75, 3.05) is 19.1 Å². The second-order valence-electron chi connectivity index (χ2n) is 7.47. The van der Waals surface area contributed by atoms with Crippen LogP contribution >= 0.6 is 11.6 Å². The largest absolute Gasteiger partial charge is 0.497 e. The Kier molecular flexibility index (Phi) is 5.60. The summed E-state index contributed by atoms with van der Waals surface area (Å²) >= 11 is 6.32. The highest BCUT2D eigenvalue weighted by atomic mass is 35.5. The van der Waals surface area contributed by atoms with Crippen LogP contribution in [0.1, 0.15) is 22.3 Å². The minimum absolute atomic E-state index is 0.0383. The number of methoxy groups -OCH3 is 1. The van der Waals surface area contributed by atoms with Crippen molar-refractivity contribution in [1.82, 2.24) is 0 Å². The lowest BCUT2D eigenvalue weighted by molar-refractivity contribution is -0.119. The van der Waals surface area contributed by atoms with Crippen molar-refractivity contribution in [3.05, 3.63) is 94.0 Å². The molecule has 0 aromatic heterocycles. The number of hydrogen-bond acceptors (Lipinski definition) is 3. The summed E-state index contributed by atoms with van der Waals surface area (Å²) in [6.07, 6.45) is 0.534. The van der Waals surface area contributed by atoms with E-state index in [1.54, 1.807) is 25.1 Å². The van der Waals surface area contributed by atoms with Crippen LogP contribution in [0.4, 0.5) is 5.69 Å². The molecule has 5 heteroatoms. The zero-order valence-electron chi connectivity index (χ0n) is 17.2. The molecule has 152 valence electrons. The SMILES string of the molecule is COc1ccc(C2=NC(Cc3cccc(C)c3)C(=O)N(C)c3ccc(Cl)cc32)cc1. The van der Waals surface area contributed by atoms with Crippen molar-refractivity contribution in [3.8, 4) is 5.75 Å². The Hall–Kier alpha value is -3.11. The first-order valence-electron chi connectivity index (χ1n) is 9.81. The first-order valence-corrected chi connectivity index (χ1v) is 10.2. The molecule has 0 spiro atoms. The first kappa shape index (κ1) is 20.2. The smallest absolute Gasteiger partial charge is 0.251 e. The number of amides is 1. The van der Waals surface area contributed by atoms with E-state index in [1.807, 2.05) is 48.5 Å². The maximum atomic E-state index is 13.3. The molecule has 1 heterocycles. The second kappa shape index (κ2) is 8.33. The summed E-state index contributed by atoms with van der Waals surface area (Å²) in [6.45, 7) is 2.05. The molecule has 0 saturated carbocycles. The van der Waals surface area contributed by atoms with Crippen LogP contribution < -0.4 is 9.64 Å². The fraction of sp³-hybridized carbons (Fsp3) is 0.200. The summed E-state index contributed by atoms with van der Waals surface area (Å²) in [4.78, 5) is 20.0. The zero-order chi connectivity index (χ0) is 21.3. The van der Waals surface area contributed by atoms with Gasteiger partial charge < -0.3 is 9.64 Å². The minimum Gasteiger partial charge on any atom is -0.497 e. The lowest BCUT2D eigenvalue weighted by Gasteiger charge is -2.20. The Morgan fingerprint density at radius 2 is 1.83 bits per heavy atom. The maximum absolute atomic E-state index is 13.3. The summed E-state index contributed by atoms with van der Waals surface area (Å²) in [5, 5.41) is 0.605. The number of fused-ring (bicyclic) bond motifs is 1. The first-order chi connectivity index (χ1) is 14.5. The lowest BCUT2D eigenvalue weighted by atomic mass is 10.00. The molecule has 0 radical (unpaired) electrons. The van der Waals surface area contributed by atoms with Gasteiger partial charge in [0.2, 0.25) is 0 Å². The van der Waals surface area contributed by atoms with E-state index in [9.17, 15) is 4.79 Å². The predicted molar refractivity (Wildman–Crippen MR) is 122 cm³/mol. The number of halogens is 1. The fourth-order valence-electron chi connectivity index (χ4n) is 3.79. The van der Waals surface area contributed by atoms with Crippen LogP contribution in [0.3, 0.4) is 0 Å². The molecule has 3 aromatic carbocycles. The van der Waals surface area contributed by atoms with E-state index >= 15 is 0 Å². The van der Waals surface area contributed by atoms with Gasteiger partial charge in [0.25, 0.3) is 5.91 Å².